The van der Waals surface area contributed by atoms with Crippen molar-refractivity contribution in [1.82, 2.24) is 9.88 Å². The Kier molecular flexibility index (Phi) is 6.89. The van der Waals surface area contributed by atoms with E-state index in [0.717, 1.165) is 49.6 Å². The molecule has 0 bridgehead atoms. The Bertz CT molecular complexity index is 1150. The predicted octanol–water partition coefficient (Wildman–Crippen LogP) is 6.32. The summed E-state index contributed by atoms with van der Waals surface area (Å²) in [5.41, 5.74) is 3.17. The van der Waals surface area contributed by atoms with E-state index in [1.165, 1.54) is 11.6 Å². The molecular weight excluding hydrogens is 459 g/mol. The molecule has 0 radical (unpaired) electrons. The first-order valence-corrected chi connectivity index (χ1v) is 13.1. The van der Waals surface area contributed by atoms with Gasteiger partial charge >= 0.3 is 0 Å². The number of likely N-dealkylation sites (tertiary alicyclic amines) is 1. The van der Waals surface area contributed by atoms with Gasteiger partial charge in [-0.15, -0.1) is 0 Å². The van der Waals surface area contributed by atoms with Crippen molar-refractivity contribution in [2.24, 2.45) is 0 Å². The van der Waals surface area contributed by atoms with Crippen LogP contribution in [-0.2, 0) is 6.54 Å². The minimum Gasteiger partial charge on any atom is -0.491 e. The van der Waals surface area contributed by atoms with Crippen molar-refractivity contribution in [1.29, 1.82) is 0 Å². The van der Waals surface area contributed by atoms with Crippen LogP contribution in [0.5, 0.6) is 5.75 Å². The molecule has 5 nitrogen and oxygen atoms in total. The van der Waals surface area contributed by atoms with E-state index in [1.807, 2.05) is 24.4 Å². The summed E-state index contributed by atoms with van der Waals surface area (Å²) in [4.78, 5) is 6.88. The molecule has 1 aromatic heterocycles. The van der Waals surface area contributed by atoms with Crippen LogP contribution in [0.15, 0.2) is 73.1 Å². The number of piperidine rings is 1. The van der Waals surface area contributed by atoms with Crippen LogP contribution >= 0.6 is 12.1 Å². The first-order chi connectivity index (χ1) is 16.9. The van der Waals surface area contributed by atoms with Gasteiger partial charge in [-0.2, -0.15) is 0 Å². The molecule has 3 heterocycles. The highest BCUT2D eigenvalue weighted by atomic mass is 32.2. The van der Waals surface area contributed by atoms with E-state index in [4.69, 9.17) is 4.74 Å². The zero-order valence-corrected chi connectivity index (χ0v) is 21.4. The maximum atomic E-state index is 14.2. The predicted molar refractivity (Wildman–Crippen MR) is 142 cm³/mol. The Morgan fingerprint density at radius 1 is 1.11 bits per heavy atom. The van der Waals surface area contributed by atoms with Crippen LogP contribution in [0.3, 0.4) is 0 Å². The minimum atomic E-state index is -0.202. The second-order valence-electron chi connectivity index (χ2n) is 9.92. The van der Waals surface area contributed by atoms with E-state index in [0.29, 0.717) is 6.04 Å². The number of hydrogen-bond acceptors (Lipinski definition) is 6. The molecule has 35 heavy (non-hydrogen) atoms. The molecule has 5 rings (SSSR count). The first kappa shape index (κ1) is 23.9. The van der Waals surface area contributed by atoms with Crippen LogP contribution in [0.25, 0.3) is 0 Å². The summed E-state index contributed by atoms with van der Waals surface area (Å²) in [5.74, 6) is 0.724. The Morgan fingerprint density at radius 3 is 2.69 bits per heavy atom. The molecule has 7 heteroatoms. The quantitative estimate of drug-likeness (QED) is 0.374. The van der Waals surface area contributed by atoms with E-state index >= 15 is 0 Å². The van der Waals surface area contributed by atoms with Crippen LogP contribution in [0, 0.1) is 5.82 Å². The van der Waals surface area contributed by atoms with Gasteiger partial charge in [-0.25, -0.2) is 4.39 Å². The minimum absolute atomic E-state index is 0.0905. The average Bonchev–Trinajstić information content (AvgIpc) is 3.20. The third kappa shape index (κ3) is 5.26. The maximum absolute atomic E-state index is 14.2. The lowest BCUT2D eigenvalue weighted by Gasteiger charge is -2.47. The summed E-state index contributed by atoms with van der Waals surface area (Å²) in [6, 6.07) is 19.9. The number of hydrogen-bond donors (Lipinski definition) is 0. The summed E-state index contributed by atoms with van der Waals surface area (Å²) in [6.07, 6.45) is 5.86. The van der Waals surface area contributed by atoms with Gasteiger partial charge in [0.2, 0.25) is 0 Å². The summed E-state index contributed by atoms with van der Waals surface area (Å²) in [7, 11) is 0. The highest BCUT2D eigenvalue weighted by Gasteiger charge is 2.50. The Hall–Kier alpha value is -2.77. The fraction of sp³-hybridized carbons (Fsp3) is 0.393. The number of benzene rings is 2. The van der Waals surface area contributed by atoms with Crippen molar-refractivity contribution < 1.29 is 9.13 Å². The maximum Gasteiger partial charge on any atom is 0.125 e. The van der Waals surface area contributed by atoms with E-state index in [9.17, 15) is 4.39 Å². The summed E-state index contributed by atoms with van der Waals surface area (Å²) in [5, 5.41) is 0. The topological polar surface area (TPSA) is 31.8 Å². The normalized spacial score (nSPS) is 22.8. The van der Waals surface area contributed by atoms with Crippen molar-refractivity contribution in [3.63, 3.8) is 0 Å². The molecule has 2 fully saturated rings. The van der Waals surface area contributed by atoms with E-state index < -0.39 is 0 Å². The number of halogens is 1. The second-order valence-corrected chi connectivity index (χ2v) is 10.9. The van der Waals surface area contributed by atoms with Gasteiger partial charge in [0.05, 0.1) is 47.9 Å². The second kappa shape index (κ2) is 10.1. The molecule has 2 aliphatic heterocycles. The van der Waals surface area contributed by atoms with Crippen LogP contribution in [-0.4, -0.2) is 40.7 Å². The Labute approximate surface area is 212 Å². The molecule has 1 spiro atoms. The molecule has 2 aliphatic rings. The summed E-state index contributed by atoms with van der Waals surface area (Å²) < 4.78 is 24.8. The van der Waals surface area contributed by atoms with E-state index in [1.54, 1.807) is 30.5 Å². The smallest absolute Gasteiger partial charge is 0.125 e. The van der Waals surface area contributed by atoms with Gasteiger partial charge in [0.15, 0.2) is 0 Å². The zero-order chi connectivity index (χ0) is 24.4. The molecule has 2 atom stereocenters. The number of aromatic nitrogens is 1. The molecule has 0 N–H and O–H groups in total. The lowest BCUT2D eigenvalue weighted by molar-refractivity contribution is 0.108. The SMILES string of the molecule is CC(C)Oc1cccc(CN2CC[C@@]3(C[C@@H]2C)CN(c2cccnc2)SN3c2cccc(F)c2)c1. The number of rotatable bonds is 6. The van der Waals surface area contributed by atoms with E-state index in [2.05, 4.69) is 63.5 Å². The Morgan fingerprint density at radius 2 is 1.94 bits per heavy atom. The molecule has 0 unspecified atom stereocenters. The summed E-state index contributed by atoms with van der Waals surface area (Å²) >= 11 is 1.67. The van der Waals surface area contributed by atoms with Crippen molar-refractivity contribution in [3.05, 3.63) is 84.4 Å². The van der Waals surface area contributed by atoms with Crippen molar-refractivity contribution in [2.75, 3.05) is 21.7 Å². The fourth-order valence-electron chi connectivity index (χ4n) is 5.25. The van der Waals surface area contributed by atoms with Crippen LogP contribution in [0.2, 0.25) is 0 Å². The van der Waals surface area contributed by atoms with Gasteiger partial charge in [-0.3, -0.25) is 18.5 Å². The third-order valence-corrected chi connectivity index (χ3v) is 8.14. The standard InChI is InChI=1S/C28H33FN4OS/c1-21(2)34-27-11-4-7-23(15-27)19-31-14-12-28(17-22(31)3)20-32(26-10-6-13-30-18-26)35-33(28)25-9-5-8-24(29)16-25/h4-11,13,15-16,18,21-22H,12,14,17,19-20H2,1-3H3/t22-,28+/m0/s1. The molecule has 184 valence electrons. The van der Waals surface area contributed by atoms with Crippen LogP contribution < -0.4 is 13.3 Å². The zero-order valence-electron chi connectivity index (χ0n) is 20.6. The van der Waals surface area contributed by atoms with Crippen molar-refractivity contribution in [2.45, 2.75) is 57.8 Å². The highest BCUT2D eigenvalue weighted by Crippen LogP contribution is 2.49. The number of nitrogens with zero attached hydrogens (tertiary/aromatic N) is 4. The van der Waals surface area contributed by atoms with Gasteiger partial charge in [0, 0.05) is 25.3 Å². The highest BCUT2D eigenvalue weighted by molar-refractivity contribution is 8.02. The fourth-order valence-corrected chi connectivity index (χ4v) is 6.55. The Balaban J connectivity index is 1.37. The molecule has 0 saturated carbocycles. The van der Waals surface area contributed by atoms with Crippen LogP contribution in [0.4, 0.5) is 15.8 Å². The molecule has 0 amide bonds. The molecular formula is C28H33FN4OS. The number of pyridine rings is 1. The van der Waals surface area contributed by atoms with Gasteiger partial charge in [-0.1, -0.05) is 18.2 Å². The molecule has 2 aromatic carbocycles. The lowest BCUT2D eigenvalue weighted by atomic mass is 9.82. The molecule has 2 saturated heterocycles. The van der Waals surface area contributed by atoms with Gasteiger partial charge in [-0.05, 0) is 81.6 Å². The number of anilines is 2. The first-order valence-electron chi connectivity index (χ1n) is 12.3. The molecule has 0 aliphatic carbocycles. The van der Waals surface area contributed by atoms with Crippen LogP contribution in [0.1, 0.15) is 39.2 Å². The van der Waals surface area contributed by atoms with Gasteiger partial charge in [0.25, 0.3) is 0 Å². The van der Waals surface area contributed by atoms with Crippen molar-refractivity contribution >= 4 is 23.5 Å². The van der Waals surface area contributed by atoms with Gasteiger partial charge < -0.3 is 4.74 Å². The average molecular weight is 493 g/mol. The summed E-state index contributed by atoms with van der Waals surface area (Å²) in [6.45, 7) is 9.16. The van der Waals surface area contributed by atoms with Crippen molar-refractivity contribution in [3.8, 4) is 5.75 Å². The monoisotopic (exact) mass is 492 g/mol. The molecule has 3 aromatic rings. The lowest BCUT2D eigenvalue weighted by Crippen LogP contribution is -2.56. The third-order valence-electron chi connectivity index (χ3n) is 6.84. The largest absolute Gasteiger partial charge is 0.491 e. The van der Waals surface area contributed by atoms with Gasteiger partial charge in [0.1, 0.15) is 11.6 Å². The number of ether oxygens (including phenoxy) is 1. The van der Waals surface area contributed by atoms with E-state index in [-0.39, 0.29) is 17.5 Å².